The van der Waals surface area contributed by atoms with Crippen LogP contribution in [0.5, 0.6) is 5.75 Å². The molecular formula is C17H14O5S. The molecule has 6 heteroatoms. The smallest absolute Gasteiger partial charge is 0.336 e. The van der Waals surface area contributed by atoms with E-state index in [9.17, 15) is 13.2 Å². The molecule has 0 amide bonds. The molecule has 1 heterocycles. The molecule has 3 aromatic rings. The van der Waals surface area contributed by atoms with Gasteiger partial charge in [-0.2, -0.15) is 8.42 Å². The molecule has 5 nitrogen and oxygen atoms in total. The molecule has 0 spiro atoms. The zero-order chi connectivity index (χ0) is 16.6. The molecule has 0 unspecified atom stereocenters. The minimum absolute atomic E-state index is 0.144. The lowest BCUT2D eigenvalue weighted by Crippen LogP contribution is -2.07. The summed E-state index contributed by atoms with van der Waals surface area (Å²) >= 11 is 0. The average molecular weight is 330 g/mol. The highest BCUT2D eigenvalue weighted by Gasteiger charge is 2.16. The number of hydrogen-bond donors (Lipinski definition) is 0. The zero-order valence-corrected chi connectivity index (χ0v) is 13.4. The van der Waals surface area contributed by atoms with Gasteiger partial charge in [-0.1, -0.05) is 30.3 Å². The minimum atomic E-state index is -3.71. The van der Waals surface area contributed by atoms with Gasteiger partial charge in [0.1, 0.15) is 5.58 Å². The van der Waals surface area contributed by atoms with Crippen LogP contribution in [0.15, 0.2) is 57.7 Å². The predicted molar refractivity (Wildman–Crippen MR) is 88.1 cm³/mol. The van der Waals surface area contributed by atoms with Crippen molar-refractivity contribution in [3.8, 4) is 16.9 Å². The van der Waals surface area contributed by atoms with Crippen LogP contribution >= 0.6 is 0 Å². The van der Waals surface area contributed by atoms with Crippen LogP contribution in [-0.2, 0) is 10.1 Å². The third kappa shape index (κ3) is 3.27. The van der Waals surface area contributed by atoms with E-state index in [-0.39, 0.29) is 11.3 Å². The predicted octanol–water partition coefficient (Wildman–Crippen LogP) is 3.11. The van der Waals surface area contributed by atoms with Gasteiger partial charge in [0.15, 0.2) is 5.75 Å². The summed E-state index contributed by atoms with van der Waals surface area (Å²) < 4.78 is 33.4. The molecule has 2 aromatic carbocycles. The fourth-order valence-corrected chi connectivity index (χ4v) is 2.93. The second-order valence-corrected chi connectivity index (χ2v) is 6.84. The Morgan fingerprint density at radius 1 is 1.04 bits per heavy atom. The lowest BCUT2D eigenvalue weighted by molar-refractivity contribution is 0.494. The first-order valence-electron chi connectivity index (χ1n) is 6.87. The van der Waals surface area contributed by atoms with E-state index >= 15 is 0 Å². The second kappa shape index (κ2) is 5.55. The van der Waals surface area contributed by atoms with Gasteiger partial charge in [0.25, 0.3) is 0 Å². The van der Waals surface area contributed by atoms with E-state index in [0.717, 1.165) is 17.4 Å². The van der Waals surface area contributed by atoms with Crippen molar-refractivity contribution in [2.75, 3.05) is 6.26 Å². The first-order valence-corrected chi connectivity index (χ1v) is 8.68. The van der Waals surface area contributed by atoms with E-state index in [4.69, 9.17) is 8.60 Å². The van der Waals surface area contributed by atoms with Crippen LogP contribution in [0, 0.1) is 6.92 Å². The molecule has 23 heavy (non-hydrogen) atoms. The molecule has 0 N–H and O–H groups in total. The normalized spacial score (nSPS) is 11.6. The highest BCUT2D eigenvalue weighted by atomic mass is 32.2. The molecule has 0 aliphatic rings. The Bertz CT molecular complexity index is 1030. The van der Waals surface area contributed by atoms with Crippen LogP contribution in [0.1, 0.15) is 5.56 Å². The summed E-state index contributed by atoms with van der Waals surface area (Å²) in [5.74, 6) is 0.144. The van der Waals surface area contributed by atoms with Gasteiger partial charge < -0.3 is 8.60 Å². The van der Waals surface area contributed by atoms with Gasteiger partial charge in [-0.05, 0) is 30.2 Å². The Balaban J connectivity index is 2.42. The van der Waals surface area contributed by atoms with Crippen LogP contribution in [0.2, 0.25) is 0 Å². The highest BCUT2D eigenvalue weighted by Crippen LogP contribution is 2.35. The van der Waals surface area contributed by atoms with Crippen molar-refractivity contribution in [1.82, 2.24) is 0 Å². The maximum absolute atomic E-state index is 11.9. The molecule has 118 valence electrons. The van der Waals surface area contributed by atoms with Gasteiger partial charge in [-0.3, -0.25) is 0 Å². The van der Waals surface area contributed by atoms with Crippen LogP contribution in [-0.4, -0.2) is 14.7 Å². The molecule has 0 radical (unpaired) electrons. The van der Waals surface area contributed by atoms with Crippen molar-refractivity contribution in [1.29, 1.82) is 0 Å². The maximum Gasteiger partial charge on any atom is 0.336 e. The molecule has 0 atom stereocenters. The first kappa shape index (κ1) is 15.3. The SMILES string of the molecule is Cc1cc(OS(C)(=O)=O)c2c(-c3ccccc3)cc(=O)oc2c1. The number of hydrogen-bond acceptors (Lipinski definition) is 5. The lowest BCUT2D eigenvalue weighted by atomic mass is 10.0. The summed E-state index contributed by atoms with van der Waals surface area (Å²) in [6.45, 7) is 1.77. The van der Waals surface area contributed by atoms with Gasteiger partial charge in [-0.15, -0.1) is 0 Å². The number of aryl methyl sites for hydroxylation is 1. The molecule has 0 fully saturated rings. The zero-order valence-electron chi connectivity index (χ0n) is 12.6. The Morgan fingerprint density at radius 3 is 2.39 bits per heavy atom. The van der Waals surface area contributed by atoms with Gasteiger partial charge >= 0.3 is 15.7 Å². The van der Waals surface area contributed by atoms with Crippen LogP contribution in [0.25, 0.3) is 22.1 Å². The second-order valence-electron chi connectivity index (χ2n) is 5.27. The molecule has 0 aliphatic heterocycles. The molecule has 1 aromatic heterocycles. The Hall–Kier alpha value is -2.60. The maximum atomic E-state index is 11.9. The van der Waals surface area contributed by atoms with E-state index in [0.29, 0.717) is 10.9 Å². The molecule has 0 saturated heterocycles. The van der Waals surface area contributed by atoms with Crippen LogP contribution in [0.3, 0.4) is 0 Å². The van der Waals surface area contributed by atoms with Crippen molar-refractivity contribution in [2.45, 2.75) is 6.92 Å². The van der Waals surface area contributed by atoms with Crippen molar-refractivity contribution < 1.29 is 17.0 Å². The van der Waals surface area contributed by atoms with Gasteiger partial charge in [0.2, 0.25) is 0 Å². The van der Waals surface area contributed by atoms with E-state index in [1.54, 1.807) is 19.1 Å². The van der Waals surface area contributed by atoms with Gasteiger partial charge in [0.05, 0.1) is 11.6 Å². The van der Waals surface area contributed by atoms with Crippen molar-refractivity contribution in [3.05, 3.63) is 64.5 Å². The number of fused-ring (bicyclic) bond motifs is 1. The first-order chi connectivity index (χ1) is 10.8. The van der Waals surface area contributed by atoms with Gasteiger partial charge in [-0.25, -0.2) is 4.79 Å². The van der Waals surface area contributed by atoms with Crippen molar-refractivity contribution in [2.24, 2.45) is 0 Å². The van der Waals surface area contributed by atoms with Crippen molar-refractivity contribution in [3.63, 3.8) is 0 Å². The average Bonchev–Trinajstić information content (AvgIpc) is 2.45. The summed E-state index contributed by atoms with van der Waals surface area (Å²) in [6, 6.07) is 13.8. The summed E-state index contributed by atoms with van der Waals surface area (Å²) in [4.78, 5) is 11.9. The van der Waals surface area contributed by atoms with Crippen molar-refractivity contribution >= 4 is 21.1 Å². The molecule has 3 rings (SSSR count). The topological polar surface area (TPSA) is 73.6 Å². The monoisotopic (exact) mass is 330 g/mol. The van der Waals surface area contributed by atoms with E-state index in [2.05, 4.69) is 0 Å². The standard InChI is InChI=1S/C17H14O5S/c1-11-8-14-17(15(9-11)22-23(2,19)20)13(10-16(18)21-14)12-6-4-3-5-7-12/h3-10H,1-2H3. The Labute approximate surface area is 133 Å². The summed E-state index contributed by atoms with van der Waals surface area (Å²) in [5, 5.41) is 0.451. The third-order valence-corrected chi connectivity index (χ3v) is 3.76. The fraction of sp³-hybridized carbons (Fsp3) is 0.118. The lowest BCUT2D eigenvalue weighted by Gasteiger charge is -2.11. The molecule has 0 bridgehead atoms. The third-order valence-electron chi connectivity index (χ3n) is 3.28. The minimum Gasteiger partial charge on any atom is -0.423 e. The number of benzene rings is 2. The van der Waals surface area contributed by atoms with Crippen LogP contribution in [0.4, 0.5) is 0 Å². The van der Waals surface area contributed by atoms with Crippen LogP contribution < -0.4 is 9.81 Å². The quantitative estimate of drug-likeness (QED) is 0.545. The Kier molecular flexibility index (Phi) is 3.69. The summed E-state index contributed by atoms with van der Waals surface area (Å²) in [5.41, 5.74) is 1.84. The molecular weight excluding hydrogens is 316 g/mol. The summed E-state index contributed by atoms with van der Waals surface area (Å²) in [6.07, 6.45) is 0.975. The Morgan fingerprint density at radius 2 is 1.74 bits per heavy atom. The fourth-order valence-electron chi connectivity index (χ4n) is 2.47. The van der Waals surface area contributed by atoms with E-state index < -0.39 is 15.7 Å². The summed E-state index contributed by atoms with van der Waals surface area (Å²) in [7, 11) is -3.71. The highest BCUT2D eigenvalue weighted by molar-refractivity contribution is 7.86. The number of rotatable bonds is 3. The van der Waals surface area contributed by atoms with E-state index in [1.807, 2.05) is 30.3 Å². The largest absolute Gasteiger partial charge is 0.423 e. The molecule has 0 saturated carbocycles. The van der Waals surface area contributed by atoms with Gasteiger partial charge in [0, 0.05) is 11.6 Å². The van der Waals surface area contributed by atoms with E-state index in [1.165, 1.54) is 6.07 Å². The molecule has 0 aliphatic carbocycles.